The highest BCUT2D eigenvalue weighted by molar-refractivity contribution is 14.0. The lowest BCUT2D eigenvalue weighted by atomic mass is 10.2. The number of hydrogen-bond donors (Lipinski definition) is 2. The molecule has 0 aliphatic carbocycles. The Kier molecular flexibility index (Phi) is 10.0. The van der Waals surface area contributed by atoms with E-state index in [0.717, 1.165) is 22.8 Å². The summed E-state index contributed by atoms with van der Waals surface area (Å²) in [6, 6.07) is 7.92. The number of aromatic nitrogens is 1. The Balaban J connectivity index is 0.00000338. The Labute approximate surface area is 171 Å². The molecule has 8 heteroatoms. The number of nitrogens with one attached hydrogen (secondary N) is 2. The first kappa shape index (κ1) is 22.2. The molecule has 2 rings (SSSR count). The summed E-state index contributed by atoms with van der Waals surface area (Å²) in [4.78, 5) is 8.55. The first-order valence-corrected chi connectivity index (χ1v) is 8.20. The molecule has 0 spiro atoms. The van der Waals surface area contributed by atoms with Crippen LogP contribution in [0.5, 0.6) is 5.75 Å². The molecule has 0 saturated heterocycles. The largest absolute Gasteiger partial charge is 0.491 e. The molecule has 0 unspecified atom stereocenters. The van der Waals surface area contributed by atoms with Crippen LogP contribution in [-0.4, -0.2) is 38.3 Å². The van der Waals surface area contributed by atoms with Crippen molar-refractivity contribution < 1.29 is 13.9 Å². The monoisotopic (exact) mass is 474 g/mol. The minimum Gasteiger partial charge on any atom is -0.491 e. The lowest BCUT2D eigenvalue weighted by molar-refractivity contribution is 0.146. The molecule has 1 aromatic carbocycles. The Hall–Kier alpha value is -1.81. The van der Waals surface area contributed by atoms with Gasteiger partial charge in [-0.2, -0.15) is 0 Å². The molecule has 0 radical (unpaired) electrons. The fourth-order valence-electron chi connectivity index (χ4n) is 2.17. The van der Waals surface area contributed by atoms with Crippen molar-refractivity contribution in [2.75, 3.05) is 27.4 Å². The molecule has 0 saturated carbocycles. The molecule has 1 heterocycles. The summed E-state index contributed by atoms with van der Waals surface area (Å²) in [5.41, 5.74) is 2.01. The van der Waals surface area contributed by atoms with Crippen molar-refractivity contribution >= 4 is 29.9 Å². The van der Waals surface area contributed by atoms with Gasteiger partial charge in [0, 0.05) is 20.7 Å². The predicted molar refractivity (Wildman–Crippen MR) is 112 cm³/mol. The topological polar surface area (TPSA) is 80.9 Å². The van der Waals surface area contributed by atoms with Gasteiger partial charge in [-0.1, -0.05) is 12.1 Å². The van der Waals surface area contributed by atoms with E-state index in [2.05, 4.69) is 20.6 Å². The van der Waals surface area contributed by atoms with Gasteiger partial charge in [-0.25, -0.2) is 4.98 Å². The number of nitrogens with zero attached hydrogens (tertiary/aromatic N) is 2. The van der Waals surface area contributed by atoms with Gasteiger partial charge in [0.15, 0.2) is 5.96 Å². The molecule has 0 atom stereocenters. The second-order valence-electron chi connectivity index (χ2n) is 5.52. The van der Waals surface area contributed by atoms with Crippen LogP contribution >= 0.6 is 24.0 Å². The van der Waals surface area contributed by atoms with E-state index in [1.165, 1.54) is 0 Å². The van der Waals surface area contributed by atoms with Crippen molar-refractivity contribution in [1.29, 1.82) is 0 Å². The van der Waals surface area contributed by atoms with Crippen LogP contribution in [0.1, 0.15) is 22.9 Å². The Morgan fingerprint density at radius 1 is 1.19 bits per heavy atom. The number of methoxy groups -OCH3 is 1. The summed E-state index contributed by atoms with van der Waals surface area (Å²) < 4.78 is 16.2. The average Bonchev–Trinajstić information content (AvgIpc) is 2.94. The molecule has 0 aliphatic rings. The van der Waals surface area contributed by atoms with Crippen LogP contribution in [0, 0.1) is 13.8 Å². The van der Waals surface area contributed by atoms with E-state index in [9.17, 15) is 0 Å². The van der Waals surface area contributed by atoms with Gasteiger partial charge >= 0.3 is 0 Å². The maximum absolute atomic E-state index is 5.62. The van der Waals surface area contributed by atoms with E-state index in [4.69, 9.17) is 13.9 Å². The summed E-state index contributed by atoms with van der Waals surface area (Å²) in [6.45, 7) is 6.04. The summed E-state index contributed by atoms with van der Waals surface area (Å²) in [7, 11) is 3.38. The zero-order valence-corrected chi connectivity index (χ0v) is 18.0. The average molecular weight is 474 g/mol. The number of hydrogen-bond acceptors (Lipinski definition) is 5. The van der Waals surface area contributed by atoms with E-state index >= 15 is 0 Å². The van der Waals surface area contributed by atoms with Crippen molar-refractivity contribution in [2.45, 2.75) is 26.9 Å². The number of oxazole rings is 1. The second kappa shape index (κ2) is 11.7. The van der Waals surface area contributed by atoms with Crippen LogP contribution in [0.4, 0.5) is 0 Å². The normalized spacial score (nSPS) is 11.0. The van der Waals surface area contributed by atoms with E-state index in [-0.39, 0.29) is 24.0 Å². The first-order chi connectivity index (χ1) is 12.1. The smallest absolute Gasteiger partial charge is 0.214 e. The van der Waals surface area contributed by atoms with Gasteiger partial charge in [0.25, 0.3) is 0 Å². The molecule has 0 amide bonds. The molecule has 0 aliphatic heterocycles. The highest BCUT2D eigenvalue weighted by Gasteiger charge is 2.06. The van der Waals surface area contributed by atoms with Crippen LogP contribution < -0.4 is 15.4 Å². The molecule has 1 aromatic heterocycles. The predicted octanol–water partition coefficient (Wildman–Crippen LogP) is 2.80. The number of ether oxygens (including phenoxy) is 2. The van der Waals surface area contributed by atoms with E-state index < -0.39 is 0 Å². The summed E-state index contributed by atoms with van der Waals surface area (Å²) >= 11 is 0. The Bertz CT molecular complexity index is 684. The molecule has 2 N–H and O–H groups in total. The summed E-state index contributed by atoms with van der Waals surface area (Å²) in [5.74, 6) is 2.99. The van der Waals surface area contributed by atoms with Crippen LogP contribution in [-0.2, 0) is 17.8 Å². The molecule has 26 heavy (non-hydrogen) atoms. The van der Waals surface area contributed by atoms with Crippen LogP contribution in [0.15, 0.2) is 33.7 Å². The molecular formula is C18H27IN4O3. The van der Waals surface area contributed by atoms with Crippen molar-refractivity contribution in [3.05, 3.63) is 47.2 Å². The maximum atomic E-state index is 5.62. The second-order valence-corrected chi connectivity index (χ2v) is 5.52. The number of aryl methyl sites for hydroxylation is 2. The summed E-state index contributed by atoms with van der Waals surface area (Å²) in [5, 5.41) is 6.45. The SMILES string of the molecule is CN=C(NCc1cccc(OCCOC)c1)NCc1nc(C)c(C)o1.I. The highest BCUT2D eigenvalue weighted by Crippen LogP contribution is 2.13. The van der Waals surface area contributed by atoms with Crippen molar-refractivity contribution in [3.63, 3.8) is 0 Å². The van der Waals surface area contributed by atoms with Gasteiger partial charge < -0.3 is 24.5 Å². The van der Waals surface area contributed by atoms with Gasteiger partial charge in [0.2, 0.25) is 5.89 Å². The van der Waals surface area contributed by atoms with E-state index in [0.29, 0.717) is 38.2 Å². The van der Waals surface area contributed by atoms with Gasteiger partial charge in [-0.15, -0.1) is 24.0 Å². The number of guanidine groups is 1. The first-order valence-electron chi connectivity index (χ1n) is 8.20. The standard InChI is InChI=1S/C18H26N4O3.HI/c1-13-14(2)25-17(22-13)12-21-18(19-3)20-11-15-6-5-7-16(10-15)24-9-8-23-4;/h5-7,10H,8-9,11-12H2,1-4H3,(H2,19,20,21);1H. The lowest BCUT2D eigenvalue weighted by Gasteiger charge is -2.12. The fraction of sp³-hybridized carbons (Fsp3) is 0.444. The van der Waals surface area contributed by atoms with Crippen molar-refractivity contribution in [2.24, 2.45) is 4.99 Å². The molecule has 0 bridgehead atoms. The van der Waals surface area contributed by atoms with Crippen LogP contribution in [0.2, 0.25) is 0 Å². The third-order valence-electron chi connectivity index (χ3n) is 3.62. The van der Waals surface area contributed by atoms with Gasteiger partial charge in [0.1, 0.15) is 18.1 Å². The third-order valence-corrected chi connectivity index (χ3v) is 3.62. The molecule has 0 fully saturated rings. The highest BCUT2D eigenvalue weighted by atomic mass is 127. The Morgan fingerprint density at radius 3 is 2.62 bits per heavy atom. The van der Waals surface area contributed by atoms with Crippen molar-refractivity contribution in [1.82, 2.24) is 15.6 Å². The number of aliphatic imine (C=N–C) groups is 1. The maximum Gasteiger partial charge on any atom is 0.214 e. The quantitative estimate of drug-likeness (QED) is 0.265. The van der Waals surface area contributed by atoms with Crippen LogP contribution in [0.3, 0.4) is 0 Å². The minimum atomic E-state index is 0. The lowest BCUT2D eigenvalue weighted by Crippen LogP contribution is -2.36. The molecule has 7 nitrogen and oxygen atoms in total. The molecule has 144 valence electrons. The van der Waals surface area contributed by atoms with E-state index in [1.54, 1.807) is 14.2 Å². The van der Waals surface area contributed by atoms with E-state index in [1.807, 2.05) is 38.1 Å². The third kappa shape index (κ3) is 7.20. The number of halogens is 1. The number of rotatable bonds is 8. The molecular weight excluding hydrogens is 447 g/mol. The van der Waals surface area contributed by atoms with Crippen molar-refractivity contribution in [3.8, 4) is 5.75 Å². The Morgan fingerprint density at radius 2 is 1.96 bits per heavy atom. The van der Waals surface area contributed by atoms with Gasteiger partial charge in [0.05, 0.1) is 18.8 Å². The van der Waals surface area contributed by atoms with Crippen LogP contribution in [0.25, 0.3) is 0 Å². The zero-order chi connectivity index (χ0) is 18.1. The van der Waals surface area contributed by atoms with Gasteiger partial charge in [-0.3, -0.25) is 4.99 Å². The summed E-state index contributed by atoms with van der Waals surface area (Å²) in [6.07, 6.45) is 0. The number of benzene rings is 1. The molecule has 2 aromatic rings. The van der Waals surface area contributed by atoms with Gasteiger partial charge in [-0.05, 0) is 31.5 Å². The fourth-order valence-corrected chi connectivity index (χ4v) is 2.17. The minimum absolute atomic E-state index is 0. The zero-order valence-electron chi connectivity index (χ0n) is 15.7.